The van der Waals surface area contributed by atoms with Crippen molar-refractivity contribution in [3.05, 3.63) is 66.2 Å². The molecule has 1 aromatic rings. The summed E-state index contributed by atoms with van der Waals surface area (Å²) in [6.45, 7) is 2.12. The van der Waals surface area contributed by atoms with Crippen LogP contribution < -0.4 is 37.2 Å². The average Bonchev–Trinajstić information content (AvgIpc) is 2.88. The number of hydrogen-bond donors (Lipinski definition) is 0. The zero-order chi connectivity index (χ0) is 11.8. The van der Waals surface area contributed by atoms with Crippen molar-refractivity contribution in [2.24, 2.45) is 0 Å². The van der Waals surface area contributed by atoms with E-state index in [9.17, 15) is 0 Å². The van der Waals surface area contributed by atoms with E-state index in [0.29, 0.717) is 0 Å². The van der Waals surface area contributed by atoms with Crippen LogP contribution in [0.5, 0.6) is 0 Å². The van der Waals surface area contributed by atoms with Crippen LogP contribution in [0.25, 0.3) is 0 Å². The number of rotatable bonds is 2. The van der Waals surface area contributed by atoms with Crippen LogP contribution in [0.1, 0.15) is 18.9 Å². The minimum absolute atomic E-state index is 0. The van der Waals surface area contributed by atoms with E-state index in [1.165, 1.54) is 11.6 Å². The molecule has 1 aliphatic carbocycles. The summed E-state index contributed by atoms with van der Waals surface area (Å²) in [5, 5.41) is 0. The summed E-state index contributed by atoms with van der Waals surface area (Å²) in [6, 6.07) is 11.7. The first-order valence-electron chi connectivity index (χ1n) is 5.50. The van der Waals surface area contributed by atoms with Crippen molar-refractivity contribution in [2.75, 3.05) is 14.1 Å². The fourth-order valence-corrected chi connectivity index (χ4v) is 1.28. The second-order valence-electron chi connectivity index (χ2n) is 3.85. The molecule has 5 heteroatoms. The number of allylic oxidation sites excluding steroid dienone is 4. The molecule has 0 saturated carbocycles. The molecule has 0 atom stereocenters. The third kappa shape index (κ3) is 12.0. The van der Waals surface area contributed by atoms with Gasteiger partial charge in [0.1, 0.15) is 0 Å². The zero-order valence-corrected chi connectivity index (χ0v) is 17.8. The van der Waals surface area contributed by atoms with Gasteiger partial charge in [-0.2, -0.15) is 23.8 Å². The smallest absolute Gasteiger partial charge is 0 e. The Labute approximate surface area is 160 Å². The van der Waals surface area contributed by atoms with Gasteiger partial charge < -0.3 is 42.1 Å². The molecule has 1 aliphatic rings. The van der Waals surface area contributed by atoms with Gasteiger partial charge in [-0.15, -0.1) is 24.6 Å². The average molecular weight is 498 g/mol. The number of benzene rings is 1. The summed E-state index contributed by atoms with van der Waals surface area (Å²) in [5.41, 5.74) is 1.29. The van der Waals surface area contributed by atoms with Crippen molar-refractivity contribution >= 4 is 0 Å². The normalized spacial score (nSPS) is 10.0. The summed E-state index contributed by atoms with van der Waals surface area (Å²) >= 11 is 0. The first-order chi connectivity index (χ1) is 7.72. The molecule has 0 N–H and O–H groups in total. The monoisotopic (exact) mass is 498 g/mol. The van der Waals surface area contributed by atoms with E-state index < -0.39 is 0 Å². The van der Waals surface area contributed by atoms with E-state index in [0.717, 1.165) is 6.42 Å². The molecule has 0 heterocycles. The predicted molar refractivity (Wildman–Crippen MR) is 69.7 cm³/mol. The Balaban J connectivity index is -0.000000124. The van der Waals surface area contributed by atoms with Crippen LogP contribution in [0.4, 0.5) is 0 Å². The van der Waals surface area contributed by atoms with Gasteiger partial charge in [-0.3, -0.25) is 6.08 Å². The first kappa shape index (κ1) is 28.4. The first-order valence-corrected chi connectivity index (χ1v) is 5.50. The van der Waals surface area contributed by atoms with E-state index in [2.05, 4.69) is 62.3 Å². The van der Waals surface area contributed by atoms with Crippen LogP contribution in [-0.4, -0.2) is 19.0 Å². The maximum atomic E-state index is 2.99. The molecule has 1 nitrogen and oxygen atoms in total. The van der Waals surface area contributed by atoms with Crippen molar-refractivity contribution < 1.29 is 63.1 Å². The topological polar surface area (TPSA) is 3.24 Å². The molecule has 0 aliphatic heterocycles. The third-order valence-electron chi connectivity index (χ3n) is 2.45. The largest absolute Gasteiger partial charge is 1.00 e. The van der Waals surface area contributed by atoms with Gasteiger partial charge in [0.15, 0.2) is 0 Å². The molecule has 114 valence electrons. The molecule has 0 unspecified atom stereocenters. The van der Waals surface area contributed by atoms with Crippen LogP contribution in [0.15, 0.2) is 48.6 Å². The predicted octanol–water partition coefficient (Wildman–Crippen LogP) is -5.54. The van der Waals surface area contributed by atoms with Crippen LogP contribution in [0.3, 0.4) is 0 Å². The molecular formula is C15H19Cl3HfN-5. The van der Waals surface area contributed by atoms with Crippen LogP contribution in [-0.2, 0) is 25.8 Å². The maximum Gasteiger partial charge on any atom is 0 e. The van der Waals surface area contributed by atoms with Gasteiger partial charge in [-0.25, -0.2) is 12.2 Å². The van der Waals surface area contributed by atoms with E-state index in [-0.39, 0.29) is 63.1 Å². The third-order valence-corrected chi connectivity index (χ3v) is 2.45. The molecule has 0 amide bonds. The van der Waals surface area contributed by atoms with Gasteiger partial charge in [0.2, 0.25) is 0 Å². The molecule has 1 aromatic carbocycles. The minimum atomic E-state index is 0. The van der Waals surface area contributed by atoms with Gasteiger partial charge in [0.25, 0.3) is 0 Å². The number of halogens is 3. The molecule has 0 saturated heterocycles. The molecule has 2 rings (SSSR count). The Morgan fingerprint density at radius 2 is 1.60 bits per heavy atom. The quantitative estimate of drug-likeness (QED) is 0.291. The summed E-state index contributed by atoms with van der Waals surface area (Å²) in [4.78, 5) is 2.12. The summed E-state index contributed by atoms with van der Waals surface area (Å²) in [7, 11) is 4.12. The Bertz CT molecular complexity index is 343. The minimum Gasteiger partial charge on any atom is -1.00 e. The van der Waals surface area contributed by atoms with Gasteiger partial charge in [-0.05, 0) is 14.1 Å². The van der Waals surface area contributed by atoms with E-state index in [1.54, 1.807) is 0 Å². The van der Waals surface area contributed by atoms with Gasteiger partial charge >= 0.3 is 0 Å². The van der Waals surface area contributed by atoms with Crippen molar-refractivity contribution in [3.63, 3.8) is 0 Å². The molecule has 20 heavy (non-hydrogen) atoms. The summed E-state index contributed by atoms with van der Waals surface area (Å²) < 4.78 is 0. The molecular weight excluding hydrogens is 479 g/mol. The van der Waals surface area contributed by atoms with Gasteiger partial charge in [0, 0.05) is 25.8 Å². The van der Waals surface area contributed by atoms with E-state index in [4.69, 9.17) is 0 Å². The van der Waals surface area contributed by atoms with Gasteiger partial charge in [-0.1, -0.05) is 13.0 Å². The Hall–Kier alpha value is 0.270. The Morgan fingerprint density at radius 3 is 1.90 bits per heavy atom. The fourth-order valence-electron chi connectivity index (χ4n) is 1.28. The molecule has 0 fully saturated rings. The fraction of sp³-hybridized carbons (Fsp3) is 0.267. The van der Waals surface area contributed by atoms with Gasteiger partial charge in [0.05, 0.1) is 0 Å². The maximum absolute atomic E-state index is 2.99. The van der Waals surface area contributed by atoms with E-state index >= 15 is 0 Å². The molecule has 0 spiro atoms. The molecule has 0 aromatic heterocycles. The molecule has 0 radical (unpaired) electrons. The van der Waals surface area contributed by atoms with Crippen molar-refractivity contribution in [2.45, 2.75) is 13.3 Å². The number of hydrogen-bond acceptors (Lipinski definition) is 1. The Morgan fingerprint density at radius 1 is 1.05 bits per heavy atom. The zero-order valence-electron chi connectivity index (χ0n) is 11.9. The Kier molecular flexibility index (Phi) is 24.6. The van der Waals surface area contributed by atoms with Crippen LogP contribution in [0, 0.1) is 12.1 Å². The van der Waals surface area contributed by atoms with E-state index in [1.807, 2.05) is 18.2 Å². The number of nitrogens with zero attached hydrogens (tertiary/aromatic N) is 1. The SMILES string of the molecule is C[C-](c1ccccc1)N(C)C.[C-]1=CC=CC1.[Cl-].[Cl-].[Cl-].[Hf]. The standard InChI is InChI=1S/C10H14N.C5H5.3ClH.Hf/c1-9(11(2)3)10-7-5-4-6-8-10;1-2-4-5-3-1;;;;/h4-8H,1-3H3;1-3H,4H2;3*1H;/q2*-1;;;;/p-3. The van der Waals surface area contributed by atoms with Crippen molar-refractivity contribution in [1.82, 2.24) is 4.90 Å². The molecule has 0 bridgehead atoms. The summed E-state index contributed by atoms with van der Waals surface area (Å²) in [5.74, 6) is 0. The second-order valence-corrected chi connectivity index (χ2v) is 3.85. The van der Waals surface area contributed by atoms with Crippen molar-refractivity contribution in [3.8, 4) is 0 Å². The summed E-state index contributed by atoms with van der Waals surface area (Å²) in [6.07, 6.45) is 10.0. The van der Waals surface area contributed by atoms with Crippen LogP contribution >= 0.6 is 0 Å². The van der Waals surface area contributed by atoms with Crippen LogP contribution in [0.2, 0.25) is 0 Å². The second kappa shape index (κ2) is 17.3. The van der Waals surface area contributed by atoms with Crippen molar-refractivity contribution in [1.29, 1.82) is 0 Å².